The molecule has 0 aliphatic heterocycles. The van der Waals surface area contributed by atoms with Crippen molar-refractivity contribution in [1.29, 1.82) is 0 Å². The summed E-state index contributed by atoms with van der Waals surface area (Å²) in [4.78, 5) is 11.0. The molecule has 0 amide bonds. The summed E-state index contributed by atoms with van der Waals surface area (Å²) in [5.41, 5.74) is 0. The van der Waals surface area contributed by atoms with E-state index in [1.54, 1.807) is 0 Å². The highest BCUT2D eigenvalue weighted by Crippen LogP contribution is 2.17. The molecule has 76 valence electrons. The van der Waals surface area contributed by atoms with E-state index < -0.39 is 19.9 Å². The number of hydrogen-bond donors (Lipinski definition) is 0. The Morgan fingerprint density at radius 1 is 1.46 bits per heavy atom. The van der Waals surface area contributed by atoms with Gasteiger partial charge in [0.1, 0.15) is 6.61 Å². The fourth-order valence-corrected chi connectivity index (χ4v) is 1.18. The van der Waals surface area contributed by atoms with Crippen molar-refractivity contribution in [3.8, 4) is 0 Å². The summed E-state index contributed by atoms with van der Waals surface area (Å²) in [6, 6.07) is 0. The third-order valence-corrected chi connectivity index (χ3v) is 3.51. The van der Waals surface area contributed by atoms with Crippen LogP contribution in [0.1, 0.15) is 20.8 Å². The quantitative estimate of drug-likeness (QED) is 0.507. The second kappa shape index (κ2) is 3.91. The van der Waals surface area contributed by atoms with E-state index in [1.807, 2.05) is 0 Å². The molecule has 0 bridgehead atoms. The van der Waals surface area contributed by atoms with Crippen molar-refractivity contribution < 1.29 is 17.9 Å². The zero-order chi connectivity index (χ0) is 10.7. The van der Waals surface area contributed by atoms with Gasteiger partial charge in [0.25, 0.3) is 9.84 Å². The van der Waals surface area contributed by atoms with Crippen LogP contribution in [-0.4, -0.2) is 25.1 Å². The van der Waals surface area contributed by atoms with E-state index >= 15 is 0 Å². The van der Waals surface area contributed by atoms with Crippen LogP contribution in [0.3, 0.4) is 0 Å². The Bertz CT molecular complexity index is 295. The molecule has 0 saturated heterocycles. The van der Waals surface area contributed by atoms with Crippen LogP contribution in [0.2, 0.25) is 0 Å². The largest absolute Gasteiger partial charge is 0.450 e. The van der Waals surface area contributed by atoms with E-state index in [0.29, 0.717) is 0 Å². The number of rotatable bonds is 2. The molecule has 0 unspecified atom stereocenters. The summed E-state index contributed by atoms with van der Waals surface area (Å²) in [7, 11) is -3.86. The average Bonchev–Trinajstić information content (AvgIpc) is 1.97. The Morgan fingerprint density at radius 2 is 1.92 bits per heavy atom. The van der Waals surface area contributed by atoms with Crippen molar-refractivity contribution in [2.45, 2.75) is 25.5 Å². The number of carbonyl (C=O) groups is 1. The lowest BCUT2D eigenvalue weighted by Crippen LogP contribution is -2.34. The highest BCUT2D eigenvalue weighted by Gasteiger charge is 2.37. The van der Waals surface area contributed by atoms with Gasteiger partial charge in [-0.2, -0.15) is 0 Å². The molecule has 0 aromatic rings. The topological polar surface area (TPSA) is 60.4 Å². The molecule has 0 radical (unpaired) electrons. The summed E-state index contributed by atoms with van der Waals surface area (Å²) in [6.45, 7) is 7.54. The van der Waals surface area contributed by atoms with Gasteiger partial charge in [0, 0.05) is 0 Å². The van der Waals surface area contributed by atoms with Crippen LogP contribution in [0.5, 0.6) is 0 Å². The normalized spacial score (nSPS) is 12.2. The van der Waals surface area contributed by atoms with Gasteiger partial charge in [0.05, 0.1) is 4.75 Å². The molecule has 0 aliphatic rings. The molecule has 0 spiro atoms. The summed E-state index contributed by atoms with van der Waals surface area (Å²) in [5, 5.41) is -1.19. The monoisotopic (exact) mass is 206 g/mol. The van der Waals surface area contributed by atoms with Gasteiger partial charge in [-0.1, -0.05) is 12.7 Å². The van der Waals surface area contributed by atoms with E-state index in [-0.39, 0.29) is 6.61 Å². The number of hydrogen-bond acceptors (Lipinski definition) is 4. The summed E-state index contributed by atoms with van der Waals surface area (Å²) in [5.74, 6) is 0. The summed E-state index contributed by atoms with van der Waals surface area (Å²) in [6.07, 6.45) is 1.32. The molecule has 0 atom stereocenters. The van der Waals surface area contributed by atoms with Gasteiger partial charge in [-0.25, -0.2) is 13.2 Å². The minimum absolute atomic E-state index is 0.0891. The Kier molecular flexibility index (Phi) is 3.66. The van der Waals surface area contributed by atoms with Gasteiger partial charge in [0.2, 0.25) is 0 Å². The van der Waals surface area contributed by atoms with Crippen molar-refractivity contribution in [3.63, 3.8) is 0 Å². The number of ether oxygens (including phenoxy) is 1. The van der Waals surface area contributed by atoms with Crippen LogP contribution >= 0.6 is 0 Å². The Hall–Kier alpha value is -0.840. The highest BCUT2D eigenvalue weighted by atomic mass is 32.2. The lowest BCUT2D eigenvalue weighted by molar-refractivity contribution is 0.184. The summed E-state index contributed by atoms with van der Waals surface area (Å²) >= 11 is 0. The van der Waals surface area contributed by atoms with Crippen LogP contribution in [0, 0.1) is 0 Å². The minimum atomic E-state index is -3.86. The van der Waals surface area contributed by atoms with E-state index in [0.717, 1.165) is 0 Å². The predicted octanol–water partition coefficient (Wildman–Crippen LogP) is 1.52. The van der Waals surface area contributed by atoms with Crippen molar-refractivity contribution in [1.82, 2.24) is 0 Å². The first kappa shape index (κ1) is 12.2. The van der Waals surface area contributed by atoms with Gasteiger partial charge in [-0.15, -0.1) is 0 Å². The van der Waals surface area contributed by atoms with Gasteiger partial charge >= 0.3 is 5.30 Å². The first-order valence-electron chi connectivity index (χ1n) is 3.76. The maximum absolute atomic E-state index is 11.3. The molecule has 0 saturated carbocycles. The Labute approximate surface area is 78.5 Å². The standard InChI is InChI=1S/C8H14O4S/c1-5-6-12-7(9)13(10,11)8(2,3)4/h5H,1,6H2,2-4H3. The van der Waals surface area contributed by atoms with Gasteiger partial charge in [-0.3, -0.25) is 0 Å². The van der Waals surface area contributed by atoms with Crippen molar-refractivity contribution in [2.24, 2.45) is 0 Å². The van der Waals surface area contributed by atoms with E-state index in [9.17, 15) is 13.2 Å². The van der Waals surface area contributed by atoms with Crippen LogP contribution in [-0.2, 0) is 14.6 Å². The van der Waals surface area contributed by atoms with Gasteiger partial charge in [-0.05, 0) is 20.8 Å². The second-order valence-electron chi connectivity index (χ2n) is 3.47. The molecule has 0 rings (SSSR count). The Balaban J connectivity index is 4.67. The maximum Gasteiger partial charge on any atom is 0.425 e. The third-order valence-electron chi connectivity index (χ3n) is 1.34. The SMILES string of the molecule is C=CCOC(=O)S(=O)(=O)C(C)(C)C. The van der Waals surface area contributed by atoms with E-state index in [4.69, 9.17) is 0 Å². The van der Waals surface area contributed by atoms with Crippen LogP contribution in [0.25, 0.3) is 0 Å². The van der Waals surface area contributed by atoms with E-state index in [2.05, 4.69) is 11.3 Å². The average molecular weight is 206 g/mol. The molecule has 4 nitrogen and oxygen atoms in total. The Morgan fingerprint density at radius 3 is 2.23 bits per heavy atom. The van der Waals surface area contributed by atoms with Crippen LogP contribution < -0.4 is 0 Å². The molecule has 0 fully saturated rings. The first-order valence-corrected chi connectivity index (χ1v) is 5.24. The molecule has 0 N–H and O–H groups in total. The molecular weight excluding hydrogens is 192 g/mol. The molecule has 5 heteroatoms. The maximum atomic E-state index is 11.3. The molecular formula is C8H14O4S. The second-order valence-corrected chi connectivity index (χ2v) is 6.03. The molecule has 0 heterocycles. The first-order chi connectivity index (χ1) is 5.73. The zero-order valence-corrected chi connectivity index (χ0v) is 8.85. The lowest BCUT2D eigenvalue weighted by atomic mass is 10.3. The predicted molar refractivity (Wildman–Crippen MR) is 50.2 cm³/mol. The molecule has 0 aromatic carbocycles. The fourth-order valence-electron chi connectivity index (χ4n) is 0.455. The van der Waals surface area contributed by atoms with Crippen molar-refractivity contribution in [2.75, 3.05) is 6.61 Å². The van der Waals surface area contributed by atoms with Crippen LogP contribution in [0.15, 0.2) is 12.7 Å². The third kappa shape index (κ3) is 2.84. The van der Waals surface area contributed by atoms with Crippen LogP contribution in [0.4, 0.5) is 4.79 Å². The fraction of sp³-hybridized carbons (Fsp3) is 0.625. The minimum Gasteiger partial charge on any atom is -0.450 e. The number of sulfone groups is 1. The zero-order valence-electron chi connectivity index (χ0n) is 8.03. The smallest absolute Gasteiger partial charge is 0.425 e. The molecule has 13 heavy (non-hydrogen) atoms. The highest BCUT2D eigenvalue weighted by molar-refractivity contribution is 8.06. The summed E-state index contributed by atoms with van der Waals surface area (Å²) < 4.78 is 26.0. The molecule has 0 aromatic heterocycles. The van der Waals surface area contributed by atoms with E-state index in [1.165, 1.54) is 26.8 Å². The number of carbonyl (C=O) groups excluding carboxylic acids is 1. The van der Waals surface area contributed by atoms with Gasteiger partial charge < -0.3 is 4.74 Å². The molecule has 0 aliphatic carbocycles. The van der Waals surface area contributed by atoms with Crippen molar-refractivity contribution in [3.05, 3.63) is 12.7 Å². The lowest BCUT2D eigenvalue weighted by Gasteiger charge is -2.16. The van der Waals surface area contributed by atoms with Gasteiger partial charge in [0.15, 0.2) is 0 Å². The van der Waals surface area contributed by atoms with Crippen molar-refractivity contribution >= 4 is 15.1 Å².